The molecule has 28 heavy (non-hydrogen) atoms. The highest BCUT2D eigenvalue weighted by Crippen LogP contribution is 2.34. The summed E-state index contributed by atoms with van der Waals surface area (Å²) >= 11 is 4.45. The summed E-state index contributed by atoms with van der Waals surface area (Å²) in [6.07, 6.45) is 0.273. The van der Waals surface area contributed by atoms with E-state index in [9.17, 15) is 9.59 Å². The number of hydrogen-bond acceptors (Lipinski definition) is 8. The van der Waals surface area contributed by atoms with Gasteiger partial charge in [0.2, 0.25) is 5.91 Å². The van der Waals surface area contributed by atoms with E-state index >= 15 is 0 Å². The van der Waals surface area contributed by atoms with Crippen molar-refractivity contribution >= 4 is 56.4 Å². The molecule has 7 nitrogen and oxygen atoms in total. The molecule has 0 aliphatic heterocycles. The van der Waals surface area contributed by atoms with E-state index in [0.717, 1.165) is 15.3 Å². The summed E-state index contributed by atoms with van der Waals surface area (Å²) in [5, 5.41) is 11.6. The van der Waals surface area contributed by atoms with Gasteiger partial charge in [0.25, 0.3) is 5.56 Å². The van der Waals surface area contributed by atoms with Gasteiger partial charge in [-0.05, 0) is 18.4 Å². The Bertz CT molecular complexity index is 1190. The minimum atomic E-state index is -0.164. The van der Waals surface area contributed by atoms with Gasteiger partial charge in [-0.15, -0.1) is 22.7 Å². The molecule has 0 unspecified atom stereocenters. The van der Waals surface area contributed by atoms with Gasteiger partial charge in [-0.1, -0.05) is 23.0 Å². The van der Waals surface area contributed by atoms with Crippen LogP contribution in [0.5, 0.6) is 0 Å². The van der Waals surface area contributed by atoms with E-state index in [1.165, 1.54) is 23.1 Å². The molecule has 0 saturated carbocycles. The van der Waals surface area contributed by atoms with Crippen LogP contribution in [-0.2, 0) is 11.8 Å². The van der Waals surface area contributed by atoms with Crippen LogP contribution in [0.4, 0.5) is 5.82 Å². The highest BCUT2D eigenvalue weighted by molar-refractivity contribution is 7.99. The number of nitrogens with one attached hydrogen (secondary N) is 1. The molecule has 4 aromatic heterocycles. The van der Waals surface area contributed by atoms with Crippen molar-refractivity contribution in [3.8, 4) is 10.4 Å². The Hall–Kier alpha value is -2.43. The number of thioether (sulfide) groups is 1. The van der Waals surface area contributed by atoms with Crippen LogP contribution in [0.1, 0.15) is 12.2 Å². The van der Waals surface area contributed by atoms with Crippen LogP contribution in [0.25, 0.3) is 20.7 Å². The van der Waals surface area contributed by atoms with Crippen molar-refractivity contribution in [1.29, 1.82) is 0 Å². The molecule has 0 aromatic carbocycles. The van der Waals surface area contributed by atoms with Crippen molar-refractivity contribution in [3.63, 3.8) is 0 Å². The second-order valence-electron chi connectivity index (χ2n) is 6.03. The summed E-state index contributed by atoms with van der Waals surface area (Å²) in [6.45, 7) is 1.76. The molecule has 0 aliphatic rings. The Morgan fingerprint density at radius 1 is 1.39 bits per heavy atom. The maximum atomic E-state index is 12.9. The first-order chi connectivity index (χ1) is 13.5. The van der Waals surface area contributed by atoms with E-state index in [4.69, 9.17) is 4.52 Å². The Morgan fingerprint density at radius 3 is 2.96 bits per heavy atom. The molecule has 4 rings (SSSR count). The quantitative estimate of drug-likeness (QED) is 0.364. The molecule has 144 valence electrons. The lowest BCUT2D eigenvalue weighted by Gasteiger charge is -2.07. The number of amides is 1. The van der Waals surface area contributed by atoms with Crippen molar-refractivity contribution in [1.82, 2.24) is 14.7 Å². The smallest absolute Gasteiger partial charge is 0.263 e. The summed E-state index contributed by atoms with van der Waals surface area (Å²) in [6, 6.07) is 5.63. The van der Waals surface area contributed by atoms with Crippen LogP contribution in [0, 0.1) is 6.92 Å². The number of rotatable bonds is 6. The lowest BCUT2D eigenvalue weighted by molar-refractivity contribution is -0.115. The topological polar surface area (TPSA) is 90.0 Å². The molecule has 1 amide bonds. The van der Waals surface area contributed by atoms with Gasteiger partial charge in [-0.3, -0.25) is 14.2 Å². The lowest BCUT2D eigenvalue weighted by atomic mass is 10.2. The van der Waals surface area contributed by atoms with E-state index in [-0.39, 0.29) is 17.9 Å². The fourth-order valence-corrected chi connectivity index (χ4v) is 5.37. The maximum absolute atomic E-state index is 12.9. The van der Waals surface area contributed by atoms with E-state index in [2.05, 4.69) is 15.5 Å². The Kier molecular flexibility index (Phi) is 5.33. The van der Waals surface area contributed by atoms with Crippen molar-refractivity contribution in [2.45, 2.75) is 18.5 Å². The number of fused-ring (bicyclic) bond motifs is 1. The van der Waals surface area contributed by atoms with E-state index < -0.39 is 0 Å². The molecule has 0 fully saturated rings. The standard InChI is InChI=1S/C18H16N4O3S3/c1-10-8-13(21-25-10)19-14(23)5-7-27-18-20-16-15(17(24)22(18)2)11(9-28-16)12-4-3-6-26-12/h3-4,6,8-9H,5,7H2,1-2H3,(H,19,21,23). The summed E-state index contributed by atoms with van der Waals surface area (Å²) in [5.74, 6) is 1.37. The first-order valence-corrected chi connectivity index (χ1v) is 11.2. The predicted octanol–water partition coefficient (Wildman–Crippen LogP) is 4.14. The van der Waals surface area contributed by atoms with Crippen molar-refractivity contribution < 1.29 is 9.32 Å². The summed E-state index contributed by atoms with van der Waals surface area (Å²) in [7, 11) is 1.71. The van der Waals surface area contributed by atoms with Crippen LogP contribution in [-0.4, -0.2) is 26.4 Å². The highest BCUT2D eigenvalue weighted by atomic mass is 32.2. The van der Waals surface area contributed by atoms with Gasteiger partial charge in [0.1, 0.15) is 10.6 Å². The first-order valence-electron chi connectivity index (χ1n) is 8.41. The number of anilines is 1. The number of thiophene rings is 2. The zero-order chi connectivity index (χ0) is 19.7. The molecule has 0 bridgehead atoms. The van der Waals surface area contributed by atoms with Crippen LogP contribution in [0.2, 0.25) is 0 Å². The van der Waals surface area contributed by atoms with Gasteiger partial charge in [-0.2, -0.15) is 0 Å². The van der Waals surface area contributed by atoms with Crippen molar-refractivity contribution in [2.24, 2.45) is 7.05 Å². The van der Waals surface area contributed by atoms with Gasteiger partial charge in [0.15, 0.2) is 11.0 Å². The summed E-state index contributed by atoms with van der Waals surface area (Å²) in [4.78, 5) is 31.3. The second-order valence-corrected chi connectivity index (χ2v) is 8.90. The third-order valence-electron chi connectivity index (χ3n) is 4.02. The molecular weight excluding hydrogens is 416 g/mol. The van der Waals surface area contributed by atoms with Crippen LogP contribution in [0.15, 0.2) is 43.4 Å². The Labute approximate surface area is 172 Å². The van der Waals surface area contributed by atoms with E-state index in [1.807, 2.05) is 22.9 Å². The maximum Gasteiger partial charge on any atom is 0.263 e. The zero-order valence-corrected chi connectivity index (χ0v) is 17.5. The number of aryl methyl sites for hydroxylation is 1. The van der Waals surface area contributed by atoms with Crippen LogP contribution in [0.3, 0.4) is 0 Å². The normalized spacial score (nSPS) is 11.2. The number of carbonyl (C=O) groups excluding carboxylic acids is 1. The number of hydrogen-bond donors (Lipinski definition) is 1. The average Bonchev–Trinajstić information content (AvgIpc) is 3.39. The third-order valence-corrected chi connectivity index (χ3v) is 6.82. The van der Waals surface area contributed by atoms with Gasteiger partial charge in [-0.25, -0.2) is 4.98 Å². The van der Waals surface area contributed by atoms with Gasteiger partial charge < -0.3 is 9.84 Å². The minimum Gasteiger partial charge on any atom is -0.360 e. The molecule has 0 aliphatic carbocycles. The zero-order valence-electron chi connectivity index (χ0n) is 15.1. The molecule has 4 heterocycles. The highest BCUT2D eigenvalue weighted by Gasteiger charge is 2.16. The Morgan fingerprint density at radius 2 is 2.25 bits per heavy atom. The number of nitrogens with zero attached hydrogens (tertiary/aromatic N) is 3. The third kappa shape index (κ3) is 3.75. The second kappa shape index (κ2) is 7.90. The SMILES string of the molecule is Cc1cc(NC(=O)CCSc2nc3scc(-c4cccs4)c3c(=O)n2C)no1. The largest absolute Gasteiger partial charge is 0.360 e. The molecule has 4 aromatic rings. The van der Waals surface area contributed by atoms with Crippen molar-refractivity contribution in [3.05, 3.63) is 45.1 Å². The molecule has 0 atom stereocenters. The van der Waals surface area contributed by atoms with Gasteiger partial charge >= 0.3 is 0 Å². The molecule has 0 saturated heterocycles. The van der Waals surface area contributed by atoms with E-state index in [0.29, 0.717) is 27.9 Å². The predicted molar refractivity (Wildman–Crippen MR) is 113 cm³/mol. The number of carbonyl (C=O) groups is 1. The summed E-state index contributed by atoms with van der Waals surface area (Å²) in [5.41, 5.74) is 0.863. The average molecular weight is 433 g/mol. The fraction of sp³-hybridized carbons (Fsp3) is 0.222. The van der Waals surface area contributed by atoms with Crippen LogP contribution < -0.4 is 10.9 Å². The Balaban J connectivity index is 1.48. The minimum absolute atomic E-state index is 0.0697. The molecule has 0 spiro atoms. The molecule has 10 heteroatoms. The van der Waals surface area contributed by atoms with E-state index in [1.54, 1.807) is 35.9 Å². The first kappa shape index (κ1) is 18.9. The molecule has 1 N–H and O–H groups in total. The summed E-state index contributed by atoms with van der Waals surface area (Å²) < 4.78 is 6.47. The number of aromatic nitrogens is 3. The molecule has 0 radical (unpaired) electrons. The molecular formula is C18H16N4O3S3. The van der Waals surface area contributed by atoms with Crippen molar-refractivity contribution in [2.75, 3.05) is 11.1 Å². The fourth-order valence-electron chi connectivity index (χ4n) is 2.66. The van der Waals surface area contributed by atoms with Gasteiger partial charge in [0, 0.05) is 41.1 Å². The lowest BCUT2D eigenvalue weighted by Crippen LogP contribution is -2.20. The van der Waals surface area contributed by atoms with Crippen LogP contribution >= 0.6 is 34.4 Å². The van der Waals surface area contributed by atoms with Gasteiger partial charge in [0.05, 0.1) is 5.39 Å². The monoisotopic (exact) mass is 432 g/mol.